The summed E-state index contributed by atoms with van der Waals surface area (Å²) in [5, 5.41) is 0. The van der Waals surface area contributed by atoms with Gasteiger partial charge in [-0.2, -0.15) is 0 Å². The molecule has 1 rings (SSSR count). The Labute approximate surface area is 54.8 Å². The Hall–Kier alpha value is -1.03. The molecule has 0 aliphatic heterocycles. The Morgan fingerprint density at radius 2 is 2.33 bits per heavy atom. The molecule has 0 saturated heterocycles. The van der Waals surface area contributed by atoms with Crippen LogP contribution in [0.3, 0.4) is 0 Å². The number of terminal acetylenes is 1. The van der Waals surface area contributed by atoms with Gasteiger partial charge in [0.25, 0.3) is 0 Å². The Morgan fingerprint density at radius 1 is 1.56 bits per heavy atom. The molecule has 0 spiro atoms. The van der Waals surface area contributed by atoms with Crippen molar-refractivity contribution in [1.29, 1.82) is 0 Å². The maximum atomic E-state index is 10.8. The van der Waals surface area contributed by atoms with E-state index in [-0.39, 0.29) is 5.78 Å². The number of carbonyl (C=O) groups is 1. The highest BCUT2D eigenvalue weighted by Gasteiger charge is 2.15. The molecule has 0 amide bonds. The first-order valence-corrected chi connectivity index (χ1v) is 3.03. The van der Waals surface area contributed by atoms with Crippen LogP contribution in [0.1, 0.15) is 19.3 Å². The summed E-state index contributed by atoms with van der Waals surface area (Å²) in [6, 6.07) is 0. The topological polar surface area (TPSA) is 17.1 Å². The quantitative estimate of drug-likeness (QED) is 0.348. The van der Waals surface area contributed by atoms with Crippen LogP contribution >= 0.6 is 0 Å². The molecule has 0 aromatic heterocycles. The lowest BCUT2D eigenvalue weighted by Crippen LogP contribution is -1.89. The van der Waals surface area contributed by atoms with Crippen LogP contribution in [0.25, 0.3) is 0 Å². The zero-order valence-corrected chi connectivity index (χ0v) is 5.18. The molecule has 0 aromatic carbocycles. The fourth-order valence-corrected chi connectivity index (χ4v) is 0.993. The second-order valence-corrected chi connectivity index (χ2v) is 2.11. The average molecular weight is 120 g/mol. The van der Waals surface area contributed by atoms with E-state index in [0.29, 0.717) is 6.42 Å². The van der Waals surface area contributed by atoms with Crippen LogP contribution in [-0.4, -0.2) is 5.78 Å². The summed E-state index contributed by atoms with van der Waals surface area (Å²) in [7, 11) is 0. The zero-order valence-electron chi connectivity index (χ0n) is 5.18. The SMILES string of the molecule is C#C/C=C1\CCCC1=O. The highest BCUT2D eigenvalue weighted by Crippen LogP contribution is 2.19. The summed E-state index contributed by atoms with van der Waals surface area (Å²) in [4.78, 5) is 10.8. The molecule has 0 unspecified atom stereocenters. The Balaban J connectivity index is 2.73. The van der Waals surface area contributed by atoms with Gasteiger partial charge in [-0.1, -0.05) is 5.92 Å². The number of carbonyl (C=O) groups excluding carboxylic acids is 1. The third-order valence-electron chi connectivity index (χ3n) is 1.47. The van der Waals surface area contributed by atoms with Gasteiger partial charge in [0.05, 0.1) is 0 Å². The van der Waals surface area contributed by atoms with Crippen LogP contribution in [-0.2, 0) is 4.79 Å². The van der Waals surface area contributed by atoms with Crippen LogP contribution in [0.5, 0.6) is 0 Å². The number of hydrogen-bond acceptors (Lipinski definition) is 1. The summed E-state index contributed by atoms with van der Waals surface area (Å²) in [5.74, 6) is 2.59. The molecule has 1 saturated carbocycles. The molecule has 1 heteroatoms. The number of allylic oxidation sites excluding steroid dienone is 2. The lowest BCUT2D eigenvalue weighted by atomic mass is 10.2. The van der Waals surface area contributed by atoms with Gasteiger partial charge in [-0.15, -0.1) is 6.42 Å². The lowest BCUT2D eigenvalue weighted by molar-refractivity contribution is -0.114. The standard InChI is InChI=1S/C8H8O/c1-2-4-7-5-3-6-8(7)9/h1,4H,3,5-6H2/b7-4+. The van der Waals surface area contributed by atoms with E-state index in [1.54, 1.807) is 6.08 Å². The first-order chi connectivity index (χ1) is 4.34. The van der Waals surface area contributed by atoms with Gasteiger partial charge in [0.15, 0.2) is 5.78 Å². The van der Waals surface area contributed by atoms with Gasteiger partial charge in [-0.05, 0) is 18.9 Å². The van der Waals surface area contributed by atoms with Crippen molar-refractivity contribution in [3.8, 4) is 12.3 Å². The van der Waals surface area contributed by atoms with E-state index in [1.807, 2.05) is 0 Å². The molecule has 0 aromatic rings. The van der Waals surface area contributed by atoms with Gasteiger partial charge in [0, 0.05) is 12.0 Å². The van der Waals surface area contributed by atoms with Gasteiger partial charge >= 0.3 is 0 Å². The first-order valence-electron chi connectivity index (χ1n) is 3.03. The van der Waals surface area contributed by atoms with E-state index in [1.165, 1.54) is 0 Å². The molecule has 9 heavy (non-hydrogen) atoms. The lowest BCUT2D eigenvalue weighted by Gasteiger charge is -1.85. The second-order valence-electron chi connectivity index (χ2n) is 2.11. The predicted octanol–water partition coefficient (Wildman–Crippen LogP) is 1.30. The molecule has 46 valence electrons. The van der Waals surface area contributed by atoms with Crippen molar-refractivity contribution in [3.05, 3.63) is 11.6 Å². The minimum absolute atomic E-state index is 0.230. The minimum Gasteiger partial charge on any atom is -0.295 e. The first kappa shape index (κ1) is 6.10. The molecular formula is C8H8O. The Bertz CT molecular complexity index is 193. The smallest absolute Gasteiger partial charge is 0.159 e. The molecule has 1 fully saturated rings. The maximum Gasteiger partial charge on any atom is 0.159 e. The monoisotopic (exact) mass is 120 g/mol. The summed E-state index contributed by atoms with van der Waals surface area (Å²) < 4.78 is 0. The van der Waals surface area contributed by atoms with Gasteiger partial charge < -0.3 is 0 Å². The van der Waals surface area contributed by atoms with Crippen molar-refractivity contribution < 1.29 is 4.79 Å². The van der Waals surface area contributed by atoms with E-state index in [4.69, 9.17) is 6.42 Å². The molecular weight excluding hydrogens is 112 g/mol. The highest BCUT2D eigenvalue weighted by molar-refractivity contribution is 5.97. The number of rotatable bonds is 0. The van der Waals surface area contributed by atoms with Crippen molar-refractivity contribution in [3.63, 3.8) is 0 Å². The fraction of sp³-hybridized carbons (Fsp3) is 0.375. The van der Waals surface area contributed by atoms with E-state index in [2.05, 4.69) is 5.92 Å². The van der Waals surface area contributed by atoms with Gasteiger partial charge in [0.2, 0.25) is 0 Å². The third kappa shape index (κ3) is 1.20. The molecule has 1 aliphatic carbocycles. The Morgan fingerprint density at radius 3 is 2.78 bits per heavy atom. The van der Waals surface area contributed by atoms with Gasteiger partial charge in [-0.25, -0.2) is 0 Å². The summed E-state index contributed by atoms with van der Waals surface area (Å²) in [6.07, 6.45) is 9.12. The van der Waals surface area contributed by atoms with E-state index < -0.39 is 0 Å². The van der Waals surface area contributed by atoms with E-state index >= 15 is 0 Å². The summed E-state index contributed by atoms with van der Waals surface area (Å²) >= 11 is 0. The number of ketones is 1. The van der Waals surface area contributed by atoms with Crippen molar-refractivity contribution in [2.75, 3.05) is 0 Å². The van der Waals surface area contributed by atoms with Crippen LogP contribution in [0.2, 0.25) is 0 Å². The molecule has 0 N–H and O–H groups in total. The second kappa shape index (κ2) is 2.50. The van der Waals surface area contributed by atoms with E-state index in [0.717, 1.165) is 18.4 Å². The normalized spacial score (nSPS) is 22.6. The van der Waals surface area contributed by atoms with Crippen molar-refractivity contribution in [2.45, 2.75) is 19.3 Å². The maximum absolute atomic E-state index is 10.8. The molecule has 0 heterocycles. The molecule has 1 nitrogen and oxygen atoms in total. The van der Waals surface area contributed by atoms with Crippen molar-refractivity contribution in [2.24, 2.45) is 0 Å². The summed E-state index contributed by atoms with van der Waals surface area (Å²) in [5.41, 5.74) is 0.831. The van der Waals surface area contributed by atoms with E-state index in [9.17, 15) is 4.79 Å². The molecule has 0 atom stereocenters. The highest BCUT2D eigenvalue weighted by atomic mass is 16.1. The molecule has 0 radical (unpaired) electrons. The fourth-order valence-electron chi connectivity index (χ4n) is 0.993. The van der Waals surface area contributed by atoms with Crippen molar-refractivity contribution >= 4 is 5.78 Å². The van der Waals surface area contributed by atoms with Gasteiger partial charge in [0.1, 0.15) is 0 Å². The van der Waals surface area contributed by atoms with Crippen LogP contribution in [0.15, 0.2) is 11.6 Å². The minimum atomic E-state index is 0.230. The van der Waals surface area contributed by atoms with Crippen LogP contribution in [0.4, 0.5) is 0 Å². The molecule has 0 bridgehead atoms. The third-order valence-corrected chi connectivity index (χ3v) is 1.47. The predicted molar refractivity (Wildman–Crippen MR) is 35.8 cm³/mol. The van der Waals surface area contributed by atoms with Crippen LogP contribution in [0, 0.1) is 12.3 Å². The summed E-state index contributed by atoms with van der Waals surface area (Å²) in [6.45, 7) is 0. The van der Waals surface area contributed by atoms with Gasteiger partial charge in [-0.3, -0.25) is 4.79 Å². The number of Topliss-reactive ketones (excluding diaryl/α,β-unsaturated/α-hetero) is 1. The van der Waals surface area contributed by atoms with Crippen molar-refractivity contribution in [1.82, 2.24) is 0 Å². The van der Waals surface area contributed by atoms with Crippen LogP contribution < -0.4 is 0 Å². The number of hydrogen-bond donors (Lipinski definition) is 0. The largest absolute Gasteiger partial charge is 0.295 e. The molecule has 1 aliphatic rings. The zero-order chi connectivity index (χ0) is 6.69. The Kier molecular flexibility index (Phi) is 1.69. The average Bonchev–Trinajstić information content (AvgIpc) is 2.18.